The first-order chi connectivity index (χ1) is 65.8. The van der Waals surface area contributed by atoms with Crippen LogP contribution in [0.3, 0.4) is 0 Å². The lowest BCUT2D eigenvalue weighted by Crippen LogP contribution is -2.30. The summed E-state index contributed by atoms with van der Waals surface area (Å²) in [4.78, 5) is 42.8. The minimum atomic E-state index is -0.660. The number of aromatic nitrogens is 4. The van der Waals surface area contributed by atoms with E-state index in [9.17, 15) is 14.4 Å². The summed E-state index contributed by atoms with van der Waals surface area (Å²) in [5.74, 6) is 2.00. The zero-order chi connectivity index (χ0) is 96.0. The predicted octanol–water partition coefficient (Wildman–Crippen LogP) is 33.3. The number of fused-ring (bicyclic) bond motifs is 12. The Morgan fingerprint density at radius 3 is 0.941 bits per heavy atom. The molecule has 0 bridgehead atoms. The molecule has 5 unspecified atom stereocenters. The van der Waals surface area contributed by atoms with Gasteiger partial charge in [-0.05, 0) is 321 Å². The number of aryl methyl sites for hydroxylation is 4. The number of hydrogen-bond acceptors (Lipinski definition) is 8. The van der Waals surface area contributed by atoms with Crippen molar-refractivity contribution < 1.29 is 28.6 Å². The summed E-state index contributed by atoms with van der Waals surface area (Å²) in [5, 5.41) is 10.4. The summed E-state index contributed by atoms with van der Waals surface area (Å²) in [5.41, 5.74) is 21.8. The van der Waals surface area contributed by atoms with E-state index in [1.807, 2.05) is 102 Å². The largest absolute Gasteiger partial charge is 0.469 e. The zero-order valence-corrected chi connectivity index (χ0v) is 82.8. The lowest BCUT2D eigenvalue weighted by atomic mass is 9.78. The third-order valence-electron chi connectivity index (χ3n) is 28.3. The average Bonchev–Trinajstić information content (AvgIpc) is 1.62. The Kier molecular flexibility index (Phi) is 30.8. The molecule has 0 aliphatic rings. The molecule has 0 saturated heterocycles. The van der Waals surface area contributed by atoms with Gasteiger partial charge < -0.3 is 42.3 Å². The minimum absolute atomic E-state index is 0.0781. The molecule has 5 atom stereocenters. The molecule has 0 radical (unpaired) electrons. The maximum atomic E-state index is 13.5. The van der Waals surface area contributed by atoms with Crippen LogP contribution in [0.1, 0.15) is 212 Å². The van der Waals surface area contributed by atoms with Gasteiger partial charge >= 0.3 is 17.9 Å². The maximum Gasteiger partial charge on any atom is 0.316 e. The third-order valence-corrected chi connectivity index (χ3v) is 28.3. The third kappa shape index (κ3) is 21.2. The van der Waals surface area contributed by atoms with Gasteiger partial charge in [0.25, 0.3) is 0 Å². The second-order valence-electron chi connectivity index (χ2n) is 38.9. The van der Waals surface area contributed by atoms with Crippen LogP contribution in [0.25, 0.3) is 87.2 Å². The summed E-state index contributed by atoms with van der Waals surface area (Å²) in [6.45, 7) is 29.0. The highest BCUT2D eigenvalue weighted by molar-refractivity contribution is 6.11. The Hall–Kier alpha value is -13.7. The van der Waals surface area contributed by atoms with E-state index in [2.05, 4.69) is 377 Å². The molecule has 18 aromatic rings. The van der Waals surface area contributed by atoms with Crippen molar-refractivity contribution in [2.75, 3.05) is 23.5 Å². The van der Waals surface area contributed by atoms with Crippen molar-refractivity contribution in [1.82, 2.24) is 18.3 Å². The van der Waals surface area contributed by atoms with Crippen molar-refractivity contribution >= 4 is 139 Å². The second kappa shape index (κ2) is 43.3. The Morgan fingerprint density at radius 2 is 0.588 bits per heavy atom. The molecule has 4 heterocycles. The van der Waals surface area contributed by atoms with Crippen molar-refractivity contribution in [2.24, 2.45) is 37.4 Å². The van der Waals surface area contributed by atoms with E-state index in [1.54, 1.807) is 0 Å². The molecule has 0 aliphatic heterocycles. The van der Waals surface area contributed by atoms with Crippen LogP contribution in [-0.4, -0.2) is 49.9 Å². The number of carbonyl (C=O) groups is 3. The Balaban J connectivity index is 0.000000141. The van der Waals surface area contributed by atoms with E-state index in [0.717, 1.165) is 81.4 Å². The fourth-order valence-corrected chi connectivity index (χ4v) is 20.5. The van der Waals surface area contributed by atoms with E-state index >= 15 is 0 Å². The second-order valence-corrected chi connectivity index (χ2v) is 38.9. The monoisotopic (exact) mass is 1810 g/mol. The van der Waals surface area contributed by atoms with Crippen LogP contribution in [0, 0.1) is 16.2 Å². The lowest BCUT2D eigenvalue weighted by molar-refractivity contribution is -0.155. The van der Waals surface area contributed by atoms with Gasteiger partial charge in [0.1, 0.15) is 5.75 Å². The molecule has 136 heavy (non-hydrogen) atoms. The predicted molar refractivity (Wildman–Crippen MR) is 573 cm³/mol. The molecule has 698 valence electrons. The fraction of sp³-hybridized carbons (Fsp3) is 0.298. The molecule has 0 saturated carbocycles. The number of carbonyl (C=O) groups excluding carboxylic acids is 3. The zero-order valence-electron chi connectivity index (χ0n) is 82.8. The van der Waals surface area contributed by atoms with Gasteiger partial charge in [-0.25, -0.2) is 0 Å². The molecule has 18 rings (SSSR count). The number of hydrogen-bond donors (Lipinski definition) is 0. The number of nitrogens with zero attached hydrogens (tertiary/aromatic N) is 6. The number of ether oxygens (including phenoxy) is 3. The topological polar surface area (TPSA) is 105 Å². The number of para-hydroxylation sites is 8. The van der Waals surface area contributed by atoms with Crippen molar-refractivity contribution in [2.45, 2.75) is 190 Å². The highest BCUT2D eigenvalue weighted by atomic mass is 16.5. The Bertz CT molecular complexity index is 7030. The SMILES string of the molecule is CCC(CC(C)(C)C(=O)OC)c1ccc2c(c1)c1ccccc1n2CC.CCC(CC(C)(C)C(=O)Oc1ccc(N(c2ccccc2)c2ccccc2)cc1)c1ccc2c(c1)c1ccccc1n2C.CCC(CC(C)c1ccc(N(c2ccccc2)c2ccccc2)cc1)c1ccc2c(c1)c1ccccc1n2C.CCCCOC(=O)C(C)(C)CC(CC)c1ccc2c(c1)c1ccccc1n2C. The first kappa shape index (κ1) is 96.9. The highest BCUT2D eigenvalue weighted by Gasteiger charge is 2.36. The number of rotatable bonds is 31. The van der Waals surface area contributed by atoms with Crippen LogP contribution in [0.4, 0.5) is 34.1 Å². The van der Waals surface area contributed by atoms with Crippen LogP contribution < -0.4 is 14.5 Å². The number of anilines is 6. The normalized spacial score (nSPS) is 12.9. The number of esters is 3. The maximum absolute atomic E-state index is 13.5. The minimum Gasteiger partial charge on any atom is -0.469 e. The molecule has 0 N–H and O–H groups in total. The number of unbranched alkanes of at least 4 members (excludes halogenated alkanes) is 1. The van der Waals surface area contributed by atoms with Crippen molar-refractivity contribution in [1.29, 1.82) is 0 Å². The molecular formula is C124H136N6O6. The van der Waals surface area contributed by atoms with Gasteiger partial charge in [-0.1, -0.05) is 230 Å². The Morgan fingerprint density at radius 1 is 0.309 bits per heavy atom. The van der Waals surface area contributed by atoms with Crippen LogP contribution in [0.15, 0.2) is 340 Å². The van der Waals surface area contributed by atoms with E-state index < -0.39 is 16.2 Å². The standard InChI is InChI=1S/C39H38N2O2.C37H36N2.C25H33NO2.C23H29NO2/c1-5-28(29-20-25-37-35(26-29)34-18-12-13-19-36(34)40(37)4)27-39(2,3)38(42)43-33-23-21-32(22-24-33)41(30-14-8-6-9-15-30)31-16-10-7-11-17-31;1-4-28(30-21-24-37-35(26-30)34-17-11-12-18-36(34)38(37)3)25-27(2)29-19-22-33(23-20-29)39(31-13-7-5-8-14-31)32-15-9-6-10-16-32;1-6-8-15-28-24(27)25(3,4)17-18(7-2)19-13-14-23-21(16-19)20-11-9-10-12-22(20)26(23)5;1-6-16(15-23(3,4)22(25)26-5)17-12-13-21-19(14-17)18-10-8-9-11-20(18)24(21)7-2/h6-26,28H,5,27H2,1-4H3;5-24,26-28H,4,25H2,1-3H3;9-14,16,18H,6-8,15,17H2,1-5H3;8-14,16H,6-7,15H2,1-5H3. The van der Waals surface area contributed by atoms with Crippen LogP contribution >= 0.6 is 0 Å². The summed E-state index contributed by atoms with van der Waals surface area (Å²) in [6, 6.07) is 121. The number of benzene rings is 14. The average molecular weight is 1810 g/mol. The summed E-state index contributed by atoms with van der Waals surface area (Å²) in [6.07, 6.45) is 9.46. The van der Waals surface area contributed by atoms with Gasteiger partial charge in [-0.3, -0.25) is 14.4 Å². The van der Waals surface area contributed by atoms with Gasteiger partial charge in [0.05, 0.1) is 30.0 Å². The van der Waals surface area contributed by atoms with Gasteiger partial charge in [0.2, 0.25) is 0 Å². The van der Waals surface area contributed by atoms with Crippen molar-refractivity contribution in [3.05, 3.63) is 368 Å². The van der Waals surface area contributed by atoms with Crippen LogP contribution in [0.5, 0.6) is 5.75 Å². The molecular weight excluding hydrogens is 1670 g/mol. The van der Waals surface area contributed by atoms with Gasteiger partial charge in [-0.15, -0.1) is 0 Å². The van der Waals surface area contributed by atoms with Gasteiger partial charge in [0.15, 0.2) is 0 Å². The molecule has 12 heteroatoms. The molecule has 0 fully saturated rings. The van der Waals surface area contributed by atoms with E-state index in [1.165, 1.54) is 139 Å². The number of methoxy groups -OCH3 is 1. The molecule has 4 aromatic heterocycles. The van der Waals surface area contributed by atoms with Crippen LogP contribution in [-0.2, 0) is 51.5 Å². The Labute approximate surface area is 805 Å². The molecule has 0 spiro atoms. The first-order valence-electron chi connectivity index (χ1n) is 49.2. The van der Waals surface area contributed by atoms with Crippen molar-refractivity contribution in [3.8, 4) is 5.75 Å². The lowest BCUT2D eigenvalue weighted by Gasteiger charge is -2.28. The van der Waals surface area contributed by atoms with Gasteiger partial charge in [-0.2, -0.15) is 0 Å². The van der Waals surface area contributed by atoms with E-state index in [-0.39, 0.29) is 23.8 Å². The van der Waals surface area contributed by atoms with E-state index in [4.69, 9.17) is 14.2 Å². The van der Waals surface area contributed by atoms with Gasteiger partial charge in [0, 0.05) is 149 Å². The summed E-state index contributed by atoms with van der Waals surface area (Å²) < 4.78 is 25.7. The highest BCUT2D eigenvalue weighted by Crippen LogP contribution is 2.46. The van der Waals surface area contributed by atoms with Crippen LogP contribution in [0.2, 0.25) is 0 Å². The quantitative estimate of drug-likeness (QED) is 0.0240. The van der Waals surface area contributed by atoms with E-state index in [0.29, 0.717) is 42.4 Å². The summed E-state index contributed by atoms with van der Waals surface area (Å²) in [7, 11) is 7.88. The molecule has 0 amide bonds. The molecule has 0 aliphatic carbocycles. The fourth-order valence-electron chi connectivity index (χ4n) is 20.5. The smallest absolute Gasteiger partial charge is 0.316 e. The summed E-state index contributed by atoms with van der Waals surface area (Å²) >= 11 is 0. The molecule has 14 aromatic carbocycles. The first-order valence-corrected chi connectivity index (χ1v) is 49.2. The molecule has 12 nitrogen and oxygen atoms in total. The van der Waals surface area contributed by atoms with Crippen molar-refractivity contribution in [3.63, 3.8) is 0 Å².